The highest BCUT2D eigenvalue weighted by atomic mass is 127. The molecule has 0 N–H and O–H groups in total. The lowest BCUT2D eigenvalue weighted by atomic mass is 10.1. The first-order valence-electron chi connectivity index (χ1n) is 6.44. The van der Waals surface area contributed by atoms with Crippen molar-refractivity contribution in [3.05, 3.63) is 63.4 Å². The fraction of sp³-hybridized carbons (Fsp3) is 0.118. The largest absolute Gasteiger partial charge is 0.430 e. The second-order valence-corrected chi connectivity index (χ2v) is 5.85. The van der Waals surface area contributed by atoms with Crippen LogP contribution in [0, 0.1) is 17.6 Å². The van der Waals surface area contributed by atoms with E-state index in [1.54, 1.807) is 0 Å². The van der Waals surface area contributed by atoms with Gasteiger partial charge in [-0.3, -0.25) is 0 Å². The predicted molar refractivity (Wildman–Crippen MR) is 89.6 cm³/mol. The van der Waals surface area contributed by atoms with Crippen LogP contribution in [0.2, 0.25) is 0 Å². The van der Waals surface area contributed by atoms with E-state index in [1.165, 1.54) is 11.1 Å². The molecule has 0 fully saturated rings. The van der Waals surface area contributed by atoms with Gasteiger partial charge in [0.05, 0.1) is 0 Å². The quantitative estimate of drug-likeness (QED) is 0.574. The summed E-state index contributed by atoms with van der Waals surface area (Å²) in [7, 11) is 0. The second-order valence-electron chi connectivity index (χ2n) is 4.87. The summed E-state index contributed by atoms with van der Waals surface area (Å²) in [5.41, 5.74) is 5.47. The Hall–Kier alpha value is -1.62. The summed E-state index contributed by atoms with van der Waals surface area (Å²) in [5, 5.41) is 0. The summed E-state index contributed by atoms with van der Waals surface area (Å²) in [6.07, 6.45) is 0. The number of aryl methyl sites for hydroxylation is 2. The third-order valence-electron chi connectivity index (χ3n) is 3.21. The third kappa shape index (κ3) is 2.63. The third-order valence-corrected chi connectivity index (χ3v) is 3.94. The lowest BCUT2D eigenvalue weighted by Crippen LogP contribution is -1.82. The molecule has 0 bridgehead atoms. The van der Waals surface area contributed by atoms with Gasteiger partial charge in [-0.1, -0.05) is 47.5 Å². The van der Waals surface area contributed by atoms with Gasteiger partial charge in [-0.05, 0) is 26.0 Å². The number of nitrogens with zero attached hydrogens (tertiary/aromatic N) is 1. The van der Waals surface area contributed by atoms with E-state index in [0.717, 1.165) is 20.6 Å². The Labute approximate surface area is 132 Å². The normalized spacial score (nSPS) is 10.8. The molecule has 0 radical (unpaired) electrons. The molecule has 0 amide bonds. The van der Waals surface area contributed by atoms with E-state index < -0.39 is 0 Å². The van der Waals surface area contributed by atoms with Gasteiger partial charge in [0.2, 0.25) is 5.89 Å². The zero-order chi connectivity index (χ0) is 14.1. The molecule has 3 aromatic rings. The van der Waals surface area contributed by atoms with Crippen molar-refractivity contribution in [3.63, 3.8) is 0 Å². The van der Waals surface area contributed by atoms with Crippen LogP contribution in [0.1, 0.15) is 11.1 Å². The van der Waals surface area contributed by atoms with E-state index in [9.17, 15) is 0 Å². The summed E-state index contributed by atoms with van der Waals surface area (Å²) in [6, 6.07) is 16.5. The minimum atomic E-state index is 0.671. The first kappa shape index (κ1) is 13.4. The fourth-order valence-electron chi connectivity index (χ4n) is 2.01. The molecule has 0 aliphatic rings. The molecule has 3 heteroatoms. The summed E-state index contributed by atoms with van der Waals surface area (Å²) in [6.45, 7) is 4.15. The minimum absolute atomic E-state index is 0.671. The van der Waals surface area contributed by atoms with Gasteiger partial charge in [-0.25, -0.2) is 4.98 Å². The van der Waals surface area contributed by atoms with Crippen LogP contribution in [0.4, 0.5) is 0 Å². The van der Waals surface area contributed by atoms with Gasteiger partial charge in [-0.2, -0.15) is 0 Å². The number of rotatable bonds is 2. The standard InChI is InChI=1S/C17H14INO/c1-11-3-7-13(8-4-11)15-16(18)20-17(19-15)14-9-5-12(2)6-10-14/h3-10H,1-2H3. The van der Waals surface area contributed by atoms with Crippen molar-refractivity contribution in [3.8, 4) is 22.7 Å². The van der Waals surface area contributed by atoms with E-state index in [1.807, 2.05) is 12.1 Å². The maximum Gasteiger partial charge on any atom is 0.228 e. The molecule has 0 saturated carbocycles. The molecule has 3 rings (SSSR count). The lowest BCUT2D eigenvalue weighted by molar-refractivity contribution is 0.547. The highest BCUT2D eigenvalue weighted by Gasteiger charge is 2.13. The van der Waals surface area contributed by atoms with Gasteiger partial charge >= 0.3 is 0 Å². The number of hydrogen-bond acceptors (Lipinski definition) is 2. The Morgan fingerprint density at radius 3 is 1.85 bits per heavy atom. The number of halogens is 1. The zero-order valence-electron chi connectivity index (χ0n) is 11.4. The topological polar surface area (TPSA) is 26.0 Å². The van der Waals surface area contributed by atoms with Gasteiger partial charge in [0.15, 0.2) is 3.77 Å². The van der Waals surface area contributed by atoms with Crippen LogP contribution in [0.3, 0.4) is 0 Å². The monoisotopic (exact) mass is 375 g/mol. The molecule has 1 aromatic heterocycles. The molecule has 0 aliphatic heterocycles. The van der Waals surface area contributed by atoms with Crippen LogP contribution < -0.4 is 0 Å². The Morgan fingerprint density at radius 2 is 1.30 bits per heavy atom. The Kier molecular flexibility index (Phi) is 3.61. The van der Waals surface area contributed by atoms with Crippen molar-refractivity contribution in [2.75, 3.05) is 0 Å². The number of hydrogen-bond donors (Lipinski definition) is 0. The highest BCUT2D eigenvalue weighted by molar-refractivity contribution is 14.1. The molecule has 0 spiro atoms. The van der Waals surface area contributed by atoms with Gasteiger partial charge in [-0.15, -0.1) is 0 Å². The predicted octanol–water partition coefficient (Wildman–Crippen LogP) is 5.23. The molecule has 20 heavy (non-hydrogen) atoms. The molecule has 2 nitrogen and oxygen atoms in total. The summed E-state index contributed by atoms with van der Waals surface area (Å²) < 4.78 is 6.62. The minimum Gasteiger partial charge on any atom is -0.430 e. The van der Waals surface area contributed by atoms with Crippen molar-refractivity contribution < 1.29 is 4.42 Å². The molecule has 100 valence electrons. The molecular formula is C17H14INO. The van der Waals surface area contributed by atoms with E-state index in [-0.39, 0.29) is 0 Å². The average Bonchev–Trinajstić information content (AvgIpc) is 2.82. The van der Waals surface area contributed by atoms with Gasteiger partial charge < -0.3 is 4.42 Å². The Morgan fingerprint density at radius 1 is 0.800 bits per heavy atom. The molecule has 0 unspecified atom stereocenters. The summed E-state index contributed by atoms with van der Waals surface area (Å²) in [4.78, 5) is 4.64. The van der Waals surface area contributed by atoms with Crippen LogP contribution in [0.25, 0.3) is 22.7 Å². The lowest BCUT2D eigenvalue weighted by Gasteiger charge is -1.97. The summed E-state index contributed by atoms with van der Waals surface area (Å²) >= 11 is 2.20. The SMILES string of the molecule is Cc1ccc(-c2nc(-c3ccc(C)cc3)c(I)o2)cc1. The maximum atomic E-state index is 5.80. The van der Waals surface area contributed by atoms with Crippen molar-refractivity contribution in [2.24, 2.45) is 0 Å². The van der Waals surface area contributed by atoms with Gasteiger partial charge in [0.25, 0.3) is 0 Å². The van der Waals surface area contributed by atoms with Crippen LogP contribution in [0.15, 0.2) is 52.9 Å². The van der Waals surface area contributed by atoms with Crippen molar-refractivity contribution in [2.45, 2.75) is 13.8 Å². The van der Waals surface area contributed by atoms with E-state index in [4.69, 9.17) is 4.42 Å². The Bertz CT molecular complexity index is 727. The van der Waals surface area contributed by atoms with Crippen molar-refractivity contribution in [1.82, 2.24) is 4.98 Å². The van der Waals surface area contributed by atoms with E-state index >= 15 is 0 Å². The summed E-state index contributed by atoms with van der Waals surface area (Å²) in [5.74, 6) is 0.671. The molecule has 1 heterocycles. The van der Waals surface area contributed by atoms with Crippen LogP contribution in [-0.2, 0) is 0 Å². The smallest absolute Gasteiger partial charge is 0.228 e. The van der Waals surface area contributed by atoms with Gasteiger partial charge in [0.1, 0.15) is 5.69 Å². The van der Waals surface area contributed by atoms with E-state index in [2.05, 4.69) is 77.8 Å². The first-order valence-corrected chi connectivity index (χ1v) is 7.52. The Balaban J connectivity index is 2.02. The number of aromatic nitrogens is 1. The van der Waals surface area contributed by atoms with Crippen LogP contribution in [-0.4, -0.2) is 4.98 Å². The first-order chi connectivity index (χ1) is 9.63. The maximum absolute atomic E-state index is 5.80. The molecule has 0 saturated heterocycles. The van der Waals surface area contributed by atoms with Crippen LogP contribution >= 0.6 is 22.6 Å². The average molecular weight is 375 g/mol. The molecule has 2 aromatic carbocycles. The fourth-order valence-corrected chi connectivity index (χ4v) is 2.65. The molecular weight excluding hydrogens is 361 g/mol. The molecule has 0 aliphatic carbocycles. The van der Waals surface area contributed by atoms with E-state index in [0.29, 0.717) is 5.89 Å². The second kappa shape index (κ2) is 5.40. The molecule has 0 atom stereocenters. The highest BCUT2D eigenvalue weighted by Crippen LogP contribution is 2.30. The van der Waals surface area contributed by atoms with Crippen LogP contribution in [0.5, 0.6) is 0 Å². The number of oxazole rings is 1. The zero-order valence-corrected chi connectivity index (χ0v) is 13.5. The van der Waals surface area contributed by atoms with Crippen molar-refractivity contribution in [1.29, 1.82) is 0 Å². The number of benzene rings is 2. The van der Waals surface area contributed by atoms with Gasteiger partial charge in [0, 0.05) is 33.7 Å². The van der Waals surface area contributed by atoms with Crippen molar-refractivity contribution >= 4 is 22.6 Å².